The molecule has 0 N–H and O–H groups in total. The summed E-state index contributed by atoms with van der Waals surface area (Å²) in [7, 11) is 1.64. The quantitative estimate of drug-likeness (QED) is 0.574. The molecular formula is C22H24N4O2S. The van der Waals surface area contributed by atoms with Gasteiger partial charge in [-0.1, -0.05) is 48.2 Å². The molecule has 1 aliphatic heterocycles. The molecule has 4 rings (SSSR count). The lowest BCUT2D eigenvalue weighted by atomic mass is 10.1. The van der Waals surface area contributed by atoms with Gasteiger partial charge < -0.3 is 9.64 Å². The first kappa shape index (κ1) is 19.5. The molecule has 1 aliphatic rings. The Hall–Kier alpha value is -2.80. The van der Waals surface area contributed by atoms with Crippen molar-refractivity contribution in [2.75, 3.05) is 20.2 Å². The van der Waals surface area contributed by atoms with Crippen LogP contribution in [-0.4, -0.2) is 45.8 Å². The normalized spacial score (nSPS) is 15.1. The van der Waals surface area contributed by atoms with Gasteiger partial charge in [0.15, 0.2) is 5.16 Å². The summed E-state index contributed by atoms with van der Waals surface area (Å²) in [5.41, 5.74) is 1.88. The number of benzene rings is 2. The average Bonchev–Trinajstić information content (AvgIpc) is 3.26. The van der Waals surface area contributed by atoms with Crippen molar-refractivity contribution in [2.45, 2.75) is 29.7 Å². The minimum Gasteiger partial charge on any atom is -0.497 e. The summed E-state index contributed by atoms with van der Waals surface area (Å²) in [4.78, 5) is 15.4. The number of ether oxygens (including phenoxy) is 1. The maximum atomic E-state index is 13.4. The van der Waals surface area contributed by atoms with Gasteiger partial charge >= 0.3 is 0 Å². The third kappa shape index (κ3) is 4.45. The first-order valence-electron chi connectivity index (χ1n) is 9.81. The smallest absolute Gasteiger partial charge is 0.240 e. The van der Waals surface area contributed by atoms with Gasteiger partial charge in [-0.15, -0.1) is 10.2 Å². The summed E-state index contributed by atoms with van der Waals surface area (Å²) in [5.74, 6) is 0.900. The fourth-order valence-corrected chi connectivity index (χ4v) is 4.63. The van der Waals surface area contributed by atoms with E-state index in [0.717, 1.165) is 42.9 Å². The molecule has 0 saturated carbocycles. The molecule has 0 bridgehead atoms. The number of amides is 1. The Morgan fingerprint density at radius 2 is 1.86 bits per heavy atom. The van der Waals surface area contributed by atoms with Gasteiger partial charge in [-0.25, -0.2) is 0 Å². The average molecular weight is 409 g/mol. The van der Waals surface area contributed by atoms with E-state index in [1.807, 2.05) is 64.1 Å². The molecule has 2 heterocycles. The minimum absolute atomic E-state index is 0.140. The summed E-state index contributed by atoms with van der Waals surface area (Å²) in [6.45, 7) is 1.65. The zero-order valence-electron chi connectivity index (χ0n) is 16.4. The second kappa shape index (κ2) is 9.13. The summed E-state index contributed by atoms with van der Waals surface area (Å²) < 4.78 is 7.23. The van der Waals surface area contributed by atoms with Crippen molar-refractivity contribution in [2.24, 2.45) is 0 Å². The van der Waals surface area contributed by atoms with Gasteiger partial charge in [0, 0.05) is 19.2 Å². The molecule has 2 aromatic carbocycles. The number of nitrogens with zero attached hydrogens (tertiary/aromatic N) is 4. The van der Waals surface area contributed by atoms with Crippen LogP contribution >= 0.6 is 11.8 Å². The number of aromatic nitrogens is 3. The highest BCUT2D eigenvalue weighted by Crippen LogP contribution is 2.37. The highest BCUT2D eigenvalue weighted by Gasteiger charge is 2.29. The molecule has 1 fully saturated rings. The molecule has 6 nitrogen and oxygen atoms in total. The highest BCUT2D eigenvalue weighted by atomic mass is 32.2. The third-order valence-electron chi connectivity index (χ3n) is 5.07. The summed E-state index contributed by atoms with van der Waals surface area (Å²) in [6, 6.07) is 17.6. The van der Waals surface area contributed by atoms with Crippen molar-refractivity contribution < 1.29 is 9.53 Å². The van der Waals surface area contributed by atoms with Gasteiger partial charge in [0.25, 0.3) is 0 Å². The number of carbonyl (C=O) groups is 1. The van der Waals surface area contributed by atoms with Crippen molar-refractivity contribution in [1.82, 2.24) is 19.7 Å². The molecule has 0 aliphatic carbocycles. The Morgan fingerprint density at radius 3 is 2.62 bits per heavy atom. The number of methoxy groups -OCH3 is 1. The van der Waals surface area contributed by atoms with Crippen LogP contribution in [0.25, 0.3) is 5.69 Å². The SMILES string of the molecule is COc1cccc(-n2cnnc2S[C@H](C(=O)N2CCCCC2)c2ccccc2)c1. The molecule has 1 aromatic heterocycles. The number of likely N-dealkylation sites (tertiary alicyclic amines) is 1. The first-order chi connectivity index (χ1) is 14.3. The minimum atomic E-state index is -0.358. The molecule has 29 heavy (non-hydrogen) atoms. The zero-order chi connectivity index (χ0) is 20.1. The largest absolute Gasteiger partial charge is 0.497 e. The number of hydrogen-bond donors (Lipinski definition) is 0. The Kier molecular flexibility index (Phi) is 6.14. The second-order valence-electron chi connectivity index (χ2n) is 6.98. The summed E-state index contributed by atoms with van der Waals surface area (Å²) in [5, 5.41) is 8.72. The Labute approximate surface area is 174 Å². The molecule has 0 spiro atoms. The van der Waals surface area contributed by atoms with E-state index in [4.69, 9.17) is 4.74 Å². The van der Waals surface area contributed by atoms with Crippen LogP contribution in [0, 0.1) is 0 Å². The van der Waals surface area contributed by atoms with Crippen LogP contribution < -0.4 is 4.74 Å². The van der Waals surface area contributed by atoms with Crippen molar-refractivity contribution >= 4 is 17.7 Å². The fourth-order valence-electron chi connectivity index (χ4n) is 3.52. The number of piperidine rings is 1. The van der Waals surface area contributed by atoms with Gasteiger partial charge in [0.2, 0.25) is 5.91 Å². The lowest BCUT2D eigenvalue weighted by Gasteiger charge is -2.30. The van der Waals surface area contributed by atoms with E-state index in [2.05, 4.69) is 10.2 Å². The van der Waals surface area contributed by atoms with Gasteiger partial charge in [-0.05, 0) is 37.0 Å². The van der Waals surface area contributed by atoms with E-state index in [9.17, 15) is 4.79 Å². The Morgan fingerprint density at radius 1 is 1.07 bits per heavy atom. The predicted molar refractivity (Wildman–Crippen MR) is 113 cm³/mol. The van der Waals surface area contributed by atoms with E-state index >= 15 is 0 Å². The topological polar surface area (TPSA) is 60.2 Å². The van der Waals surface area contributed by atoms with Crippen molar-refractivity contribution in [3.05, 3.63) is 66.5 Å². The Balaban J connectivity index is 1.65. The van der Waals surface area contributed by atoms with E-state index < -0.39 is 0 Å². The predicted octanol–water partition coefficient (Wildman–Crippen LogP) is 4.12. The van der Waals surface area contributed by atoms with E-state index in [0.29, 0.717) is 5.16 Å². The molecule has 1 saturated heterocycles. The van der Waals surface area contributed by atoms with Crippen LogP contribution in [0.2, 0.25) is 0 Å². The van der Waals surface area contributed by atoms with Gasteiger partial charge in [0.1, 0.15) is 17.3 Å². The maximum Gasteiger partial charge on any atom is 0.240 e. The standard InChI is InChI=1S/C22H24N4O2S/c1-28-19-12-8-11-18(15-19)26-16-23-24-22(26)29-20(17-9-4-2-5-10-17)21(27)25-13-6-3-7-14-25/h2,4-5,8-12,15-16,20H,3,6-7,13-14H2,1H3/t20-/m0/s1. The van der Waals surface area contributed by atoms with Crippen molar-refractivity contribution in [1.29, 1.82) is 0 Å². The number of rotatable bonds is 6. The lowest BCUT2D eigenvalue weighted by Crippen LogP contribution is -2.38. The van der Waals surface area contributed by atoms with Crippen LogP contribution in [-0.2, 0) is 4.79 Å². The zero-order valence-corrected chi connectivity index (χ0v) is 17.2. The summed E-state index contributed by atoms with van der Waals surface area (Å²) >= 11 is 1.44. The van der Waals surface area contributed by atoms with E-state index in [1.54, 1.807) is 13.4 Å². The van der Waals surface area contributed by atoms with Crippen LogP contribution in [0.15, 0.2) is 66.1 Å². The molecule has 1 atom stereocenters. The van der Waals surface area contributed by atoms with Crippen LogP contribution in [0.4, 0.5) is 0 Å². The first-order valence-corrected chi connectivity index (χ1v) is 10.7. The molecule has 3 aromatic rings. The van der Waals surface area contributed by atoms with Crippen LogP contribution in [0.3, 0.4) is 0 Å². The molecular weight excluding hydrogens is 384 g/mol. The van der Waals surface area contributed by atoms with E-state index in [-0.39, 0.29) is 11.2 Å². The van der Waals surface area contributed by atoms with Crippen LogP contribution in [0.5, 0.6) is 5.75 Å². The van der Waals surface area contributed by atoms with Gasteiger partial charge in [-0.2, -0.15) is 0 Å². The van der Waals surface area contributed by atoms with Crippen molar-refractivity contribution in [3.63, 3.8) is 0 Å². The number of hydrogen-bond acceptors (Lipinski definition) is 5. The lowest BCUT2D eigenvalue weighted by molar-refractivity contribution is -0.131. The third-order valence-corrected chi connectivity index (χ3v) is 6.26. The van der Waals surface area contributed by atoms with Gasteiger partial charge in [-0.3, -0.25) is 9.36 Å². The molecule has 150 valence electrons. The van der Waals surface area contributed by atoms with Gasteiger partial charge in [0.05, 0.1) is 12.8 Å². The molecule has 0 unspecified atom stereocenters. The molecule has 0 radical (unpaired) electrons. The van der Waals surface area contributed by atoms with Crippen LogP contribution in [0.1, 0.15) is 30.1 Å². The number of carbonyl (C=O) groups excluding carboxylic acids is 1. The fraction of sp³-hybridized carbons (Fsp3) is 0.318. The number of thioether (sulfide) groups is 1. The maximum absolute atomic E-state index is 13.4. The monoisotopic (exact) mass is 408 g/mol. The van der Waals surface area contributed by atoms with E-state index in [1.165, 1.54) is 18.2 Å². The second-order valence-corrected chi connectivity index (χ2v) is 8.05. The molecule has 1 amide bonds. The highest BCUT2D eigenvalue weighted by molar-refractivity contribution is 8.00. The molecule has 7 heteroatoms. The van der Waals surface area contributed by atoms with Crippen molar-refractivity contribution in [3.8, 4) is 11.4 Å². The Bertz CT molecular complexity index is 954. The summed E-state index contributed by atoms with van der Waals surface area (Å²) in [6.07, 6.45) is 5.00.